The van der Waals surface area contributed by atoms with Crippen LogP contribution in [0.25, 0.3) is 159 Å². The van der Waals surface area contributed by atoms with E-state index in [1.54, 1.807) is 0 Å². The van der Waals surface area contributed by atoms with Crippen LogP contribution in [0.3, 0.4) is 0 Å². The van der Waals surface area contributed by atoms with Gasteiger partial charge in [0.1, 0.15) is 11.2 Å². The van der Waals surface area contributed by atoms with E-state index in [0.29, 0.717) is 0 Å². The average Bonchev–Trinajstić information content (AvgIpc) is 1.50. The molecule has 0 unspecified atom stereocenters. The van der Waals surface area contributed by atoms with Crippen LogP contribution in [-0.2, 0) is 0 Å². The zero-order chi connectivity index (χ0) is 67.5. The Morgan fingerprint density at radius 3 is 1.29 bits per heavy atom. The number of allylic oxidation sites excluding steroid dienone is 5. The molecule has 0 aliphatic rings. The smallest absolute Gasteiger partial charge is 0.159 e. The van der Waals surface area contributed by atoms with Crippen LogP contribution < -0.4 is 9.80 Å². The van der Waals surface area contributed by atoms with Crippen LogP contribution in [0.5, 0.6) is 0 Å². The fraction of sp³-hybridized carbons (Fsp3) is 0.0526. The molecule has 6 heterocycles. The van der Waals surface area contributed by atoms with Crippen LogP contribution in [0.15, 0.2) is 318 Å². The maximum absolute atomic E-state index is 7.30. The lowest BCUT2D eigenvalue weighted by molar-refractivity contribution is 0.667. The van der Waals surface area contributed by atoms with Gasteiger partial charge in [-0.15, -0.1) is 0 Å². The highest BCUT2D eigenvalue weighted by molar-refractivity contribution is 6.38. The molecule has 0 radical (unpaired) electrons. The van der Waals surface area contributed by atoms with Gasteiger partial charge in [-0.2, -0.15) is 0 Å². The first-order chi connectivity index (χ1) is 49.8. The van der Waals surface area contributed by atoms with E-state index >= 15 is 0 Å². The van der Waals surface area contributed by atoms with Crippen LogP contribution in [0.1, 0.15) is 36.1 Å². The van der Waals surface area contributed by atoms with Gasteiger partial charge in [-0.25, -0.2) is 0 Å². The zero-order valence-corrected chi connectivity index (χ0v) is 56.6. The molecule has 6 nitrogen and oxygen atoms in total. The second-order valence-corrected chi connectivity index (χ2v) is 27.1. The first kappa shape index (κ1) is 58.3. The second kappa shape index (κ2) is 22.3. The summed E-state index contributed by atoms with van der Waals surface area (Å²) < 4.78 is 19.8. The van der Waals surface area contributed by atoms with Crippen LogP contribution >= 0.6 is 0 Å². The van der Waals surface area contributed by atoms with Crippen LogP contribution in [-0.4, -0.2) is 8.80 Å². The van der Waals surface area contributed by atoms with Crippen molar-refractivity contribution in [1.29, 1.82) is 0 Å². The number of aromatic nitrogens is 2. The molecule has 478 valence electrons. The van der Waals surface area contributed by atoms with E-state index in [4.69, 9.17) is 8.83 Å². The normalized spacial score (nSPS) is 12.6. The van der Waals surface area contributed by atoms with Gasteiger partial charge in [0.2, 0.25) is 0 Å². The van der Waals surface area contributed by atoms with E-state index < -0.39 is 0 Å². The van der Waals surface area contributed by atoms with Crippen molar-refractivity contribution >= 4 is 160 Å². The van der Waals surface area contributed by atoms with E-state index in [-0.39, 0.29) is 0 Å². The third kappa shape index (κ3) is 8.33. The Kier molecular flexibility index (Phi) is 12.9. The van der Waals surface area contributed by atoms with Crippen molar-refractivity contribution in [3.63, 3.8) is 0 Å². The molecule has 0 aliphatic heterocycles. The highest BCUT2D eigenvalue weighted by atomic mass is 16.3. The van der Waals surface area contributed by atoms with E-state index in [1.165, 1.54) is 87.4 Å². The number of aryl methyl sites for hydroxylation is 3. The maximum Gasteiger partial charge on any atom is 0.159 e. The third-order valence-corrected chi connectivity index (χ3v) is 21.6. The Morgan fingerprint density at radius 1 is 0.356 bits per heavy atom. The van der Waals surface area contributed by atoms with E-state index in [0.717, 1.165) is 134 Å². The summed E-state index contributed by atoms with van der Waals surface area (Å²) in [4.78, 5) is 4.82. The molecule has 0 saturated carbocycles. The molecule has 0 fully saturated rings. The van der Waals surface area contributed by atoms with Gasteiger partial charge in [0, 0.05) is 110 Å². The highest BCUT2D eigenvalue weighted by Crippen LogP contribution is 2.56. The Hall–Kier alpha value is -12.9. The molecule has 6 aromatic heterocycles. The van der Waals surface area contributed by atoms with Crippen LogP contribution in [0.2, 0.25) is 0 Å². The van der Waals surface area contributed by atoms with Crippen LogP contribution in [0, 0.1) is 20.8 Å². The number of furan rings is 2. The molecular formula is C95H66N4O2. The predicted molar refractivity (Wildman–Crippen MR) is 428 cm³/mol. The quantitative estimate of drug-likeness (QED) is 0.114. The number of para-hydroxylation sites is 6. The molecule has 0 spiro atoms. The number of nitrogens with zero attached hydrogens (tertiary/aromatic N) is 4. The summed E-state index contributed by atoms with van der Waals surface area (Å²) in [5.41, 5.74) is 30.3. The minimum Gasteiger partial charge on any atom is -0.453 e. The predicted octanol–water partition coefficient (Wildman–Crippen LogP) is 27.2. The molecule has 101 heavy (non-hydrogen) atoms. The lowest BCUT2D eigenvalue weighted by Crippen LogP contribution is -2.11. The lowest BCUT2D eigenvalue weighted by atomic mass is 9.89. The molecule has 0 amide bonds. The number of benzene rings is 14. The monoisotopic (exact) mass is 1290 g/mol. The van der Waals surface area contributed by atoms with Crippen molar-refractivity contribution in [3.8, 4) is 33.4 Å². The van der Waals surface area contributed by atoms with Crippen molar-refractivity contribution in [1.82, 2.24) is 8.80 Å². The Balaban J connectivity index is 0.845. The zero-order valence-electron chi connectivity index (χ0n) is 56.6. The highest BCUT2D eigenvalue weighted by Gasteiger charge is 2.33. The topological polar surface area (TPSA) is 41.6 Å². The summed E-state index contributed by atoms with van der Waals surface area (Å²) in [7, 11) is 0. The van der Waals surface area contributed by atoms with Crippen LogP contribution in [0.4, 0.5) is 34.1 Å². The van der Waals surface area contributed by atoms with Crippen molar-refractivity contribution in [2.24, 2.45) is 0 Å². The molecule has 20 aromatic rings. The lowest BCUT2D eigenvalue weighted by Gasteiger charge is -2.27. The number of rotatable bonds is 12. The molecule has 0 atom stereocenters. The molecule has 14 aromatic carbocycles. The molecular weight excluding hydrogens is 1230 g/mol. The number of fused-ring (bicyclic) bond motifs is 18. The standard InChI is InChI=1S/C95H66N4O2/c1-7-27-66(56(3)8-2)70-40-25-42-72-74-50-46-58(5)86(94(74)100-92(70)72)96(62-33-17-11-18-34-62)64-48-52-80-78(54-64)68-38-23-44-76-84-83(61-31-15-10-16-32-61)91-85(82(60-29-13-9-14-30-60)90(84)98(80)88(68)76)77-45-24-39-69-79-55-65(49-53-81(79)99(91)89(69)77)97(63-35-19-12-20-36-63)87-59(6)47-51-75-73-43-26-41-71(93(73)101-95(75)87)67-37-22-21-28-57(67)4/h7-55H,2H2,1,3-6H3/b27-7-,66-56+. The molecule has 0 saturated heterocycles. The first-order valence-electron chi connectivity index (χ1n) is 34.9. The molecule has 0 aliphatic carbocycles. The summed E-state index contributed by atoms with van der Waals surface area (Å²) in [5.74, 6) is 0. The summed E-state index contributed by atoms with van der Waals surface area (Å²) in [6.07, 6.45) is 6.18. The van der Waals surface area contributed by atoms with Gasteiger partial charge in [0.25, 0.3) is 0 Å². The van der Waals surface area contributed by atoms with Gasteiger partial charge in [-0.1, -0.05) is 243 Å². The number of hydrogen-bond donors (Lipinski definition) is 0. The van der Waals surface area contributed by atoms with Gasteiger partial charge >= 0.3 is 0 Å². The van der Waals surface area contributed by atoms with Crippen molar-refractivity contribution in [3.05, 3.63) is 332 Å². The fourth-order valence-electron chi connectivity index (χ4n) is 17.2. The Morgan fingerprint density at radius 2 is 0.782 bits per heavy atom. The van der Waals surface area contributed by atoms with Gasteiger partial charge in [-0.3, -0.25) is 0 Å². The van der Waals surface area contributed by atoms with E-state index in [1.807, 2.05) is 6.08 Å². The average molecular weight is 1300 g/mol. The minimum atomic E-state index is 0.838. The van der Waals surface area contributed by atoms with Gasteiger partial charge in [0.15, 0.2) is 11.2 Å². The van der Waals surface area contributed by atoms with Gasteiger partial charge in [-0.05, 0) is 140 Å². The van der Waals surface area contributed by atoms with Crippen molar-refractivity contribution in [2.75, 3.05) is 9.80 Å². The first-order valence-corrected chi connectivity index (χ1v) is 34.9. The van der Waals surface area contributed by atoms with Crippen molar-refractivity contribution < 1.29 is 8.83 Å². The Labute approximate surface area is 583 Å². The minimum absolute atomic E-state index is 0.838. The van der Waals surface area contributed by atoms with Crippen molar-refractivity contribution in [2.45, 2.75) is 34.6 Å². The molecule has 20 rings (SSSR count). The molecule has 0 bridgehead atoms. The molecule has 0 N–H and O–H groups in total. The largest absolute Gasteiger partial charge is 0.453 e. The summed E-state index contributed by atoms with van der Waals surface area (Å²) in [6.45, 7) is 14.9. The van der Waals surface area contributed by atoms with Gasteiger partial charge in [0.05, 0.1) is 44.5 Å². The molecule has 6 heteroatoms. The Bertz CT molecular complexity index is 6880. The van der Waals surface area contributed by atoms with E-state index in [2.05, 4.69) is 351 Å². The maximum atomic E-state index is 7.30. The number of anilines is 6. The summed E-state index contributed by atoms with van der Waals surface area (Å²) >= 11 is 0. The summed E-state index contributed by atoms with van der Waals surface area (Å²) in [5, 5.41) is 13.9. The third-order valence-electron chi connectivity index (χ3n) is 21.6. The number of hydrogen-bond acceptors (Lipinski definition) is 4. The second-order valence-electron chi connectivity index (χ2n) is 27.1. The van der Waals surface area contributed by atoms with E-state index in [9.17, 15) is 0 Å². The fourth-order valence-corrected chi connectivity index (χ4v) is 17.2. The summed E-state index contributed by atoms with van der Waals surface area (Å²) in [6, 6.07) is 103. The van der Waals surface area contributed by atoms with Gasteiger partial charge < -0.3 is 27.4 Å². The SMILES string of the molecule is C=C/C(C)=C(\C=C/C)c1cccc2c1oc1c(N(c3ccccc3)c3ccc4c(c3)c3cccc5c6c(-c7ccccc7)c7c(c(-c8ccccc8)c6n4c35)c3cccc4c5cc(N(c6ccccc6)c6c(C)ccc8c6oc6c(-c9ccccc9C)cccc68)ccc5n7c43)c(C)ccc12.